The Morgan fingerprint density at radius 3 is 2.56 bits per heavy atom. The van der Waals surface area contributed by atoms with Crippen LogP contribution in [-0.4, -0.2) is 19.9 Å². The van der Waals surface area contributed by atoms with Crippen LogP contribution >= 0.6 is 0 Å². The Bertz CT molecular complexity index is 892. The predicted octanol–water partition coefficient (Wildman–Crippen LogP) is 0.776. The quantitative estimate of drug-likeness (QED) is 0.570. The van der Waals surface area contributed by atoms with Crippen LogP contribution in [0.3, 0.4) is 0 Å². The van der Waals surface area contributed by atoms with E-state index in [0.717, 1.165) is 11.1 Å². The van der Waals surface area contributed by atoms with Crippen LogP contribution in [0, 0.1) is 13.8 Å². The molecule has 0 aliphatic carbocycles. The summed E-state index contributed by atoms with van der Waals surface area (Å²) in [5.41, 5.74) is 2.60. The molecule has 0 saturated heterocycles. The van der Waals surface area contributed by atoms with Gasteiger partial charge in [-0.25, -0.2) is 14.8 Å². The molecule has 3 aromatic rings. The van der Waals surface area contributed by atoms with Crippen LogP contribution in [0.2, 0.25) is 0 Å². The van der Waals surface area contributed by atoms with Gasteiger partial charge in [0.05, 0.1) is 11.0 Å². The van der Waals surface area contributed by atoms with Crippen LogP contribution in [0.15, 0.2) is 21.7 Å². The van der Waals surface area contributed by atoms with Crippen molar-refractivity contribution in [1.82, 2.24) is 19.9 Å². The molecular formula is C12H10N4O2. The van der Waals surface area contributed by atoms with E-state index in [4.69, 9.17) is 0 Å². The highest BCUT2D eigenvalue weighted by Crippen LogP contribution is 2.17. The van der Waals surface area contributed by atoms with E-state index in [1.54, 1.807) is 0 Å². The molecule has 0 atom stereocenters. The summed E-state index contributed by atoms with van der Waals surface area (Å²) in [6.45, 7) is 3.87. The number of aryl methyl sites for hydroxylation is 2. The first kappa shape index (κ1) is 10.6. The van der Waals surface area contributed by atoms with Crippen molar-refractivity contribution in [3.8, 4) is 0 Å². The Labute approximate surface area is 101 Å². The SMILES string of the molecule is Cc1cc(C)c2nc3c(=O)[nH]c(=O)[nH]c3nc2c1. The van der Waals surface area contributed by atoms with Crippen molar-refractivity contribution in [1.29, 1.82) is 0 Å². The number of benzene rings is 1. The van der Waals surface area contributed by atoms with Crippen molar-refractivity contribution >= 4 is 22.2 Å². The fourth-order valence-electron chi connectivity index (χ4n) is 2.05. The lowest BCUT2D eigenvalue weighted by atomic mass is 10.1. The van der Waals surface area contributed by atoms with Crippen molar-refractivity contribution in [2.45, 2.75) is 13.8 Å². The smallest absolute Gasteiger partial charge is 0.290 e. The van der Waals surface area contributed by atoms with Gasteiger partial charge in [-0.3, -0.25) is 14.8 Å². The normalized spacial score (nSPS) is 11.2. The van der Waals surface area contributed by atoms with E-state index >= 15 is 0 Å². The first-order chi connectivity index (χ1) is 8.54. The number of aromatic amines is 2. The summed E-state index contributed by atoms with van der Waals surface area (Å²) >= 11 is 0. The van der Waals surface area contributed by atoms with E-state index < -0.39 is 11.2 Å². The van der Waals surface area contributed by atoms with Gasteiger partial charge < -0.3 is 0 Å². The molecule has 0 bridgehead atoms. The number of nitrogens with zero attached hydrogens (tertiary/aromatic N) is 2. The molecule has 0 spiro atoms. The largest absolute Gasteiger partial charge is 0.327 e. The zero-order valence-corrected chi connectivity index (χ0v) is 9.87. The number of fused-ring (bicyclic) bond motifs is 2. The highest BCUT2D eigenvalue weighted by atomic mass is 16.2. The first-order valence-corrected chi connectivity index (χ1v) is 5.46. The maximum absolute atomic E-state index is 11.6. The second-order valence-corrected chi connectivity index (χ2v) is 4.28. The second-order valence-electron chi connectivity index (χ2n) is 4.28. The van der Waals surface area contributed by atoms with Crippen molar-refractivity contribution < 1.29 is 0 Å². The molecule has 0 saturated carbocycles. The third kappa shape index (κ3) is 1.50. The highest BCUT2D eigenvalue weighted by molar-refractivity contribution is 5.86. The van der Waals surface area contributed by atoms with Crippen LogP contribution in [0.4, 0.5) is 0 Å². The lowest BCUT2D eigenvalue weighted by Crippen LogP contribution is -2.23. The Morgan fingerprint density at radius 2 is 1.78 bits per heavy atom. The number of aromatic nitrogens is 4. The molecule has 90 valence electrons. The third-order valence-corrected chi connectivity index (χ3v) is 2.78. The summed E-state index contributed by atoms with van der Waals surface area (Å²) < 4.78 is 0. The fraction of sp³-hybridized carbons (Fsp3) is 0.167. The maximum atomic E-state index is 11.6. The Balaban J connectivity index is 2.59. The molecule has 6 heteroatoms. The van der Waals surface area contributed by atoms with Gasteiger partial charge in [0.1, 0.15) is 0 Å². The van der Waals surface area contributed by atoms with Crippen molar-refractivity contribution in [3.05, 3.63) is 44.1 Å². The number of hydrogen-bond donors (Lipinski definition) is 2. The molecule has 0 amide bonds. The lowest BCUT2D eigenvalue weighted by Gasteiger charge is -2.04. The molecule has 0 unspecified atom stereocenters. The van der Waals surface area contributed by atoms with Gasteiger partial charge in [-0.05, 0) is 31.0 Å². The van der Waals surface area contributed by atoms with Gasteiger partial charge in [-0.1, -0.05) is 6.07 Å². The Morgan fingerprint density at radius 1 is 1.00 bits per heavy atom. The summed E-state index contributed by atoms with van der Waals surface area (Å²) in [5, 5.41) is 0. The molecule has 0 aliphatic heterocycles. The Kier molecular flexibility index (Phi) is 2.07. The van der Waals surface area contributed by atoms with Crippen molar-refractivity contribution in [2.75, 3.05) is 0 Å². The molecule has 0 radical (unpaired) electrons. The van der Waals surface area contributed by atoms with Crippen molar-refractivity contribution in [2.24, 2.45) is 0 Å². The van der Waals surface area contributed by atoms with Crippen LogP contribution in [-0.2, 0) is 0 Å². The molecule has 2 aromatic heterocycles. The lowest BCUT2D eigenvalue weighted by molar-refractivity contribution is 1.05. The molecule has 6 nitrogen and oxygen atoms in total. The monoisotopic (exact) mass is 242 g/mol. The van der Waals surface area contributed by atoms with Crippen LogP contribution in [0.5, 0.6) is 0 Å². The van der Waals surface area contributed by atoms with Gasteiger partial charge in [0, 0.05) is 0 Å². The molecule has 1 aromatic carbocycles. The molecule has 0 aliphatic rings. The Hall–Kier alpha value is -2.50. The van der Waals surface area contributed by atoms with E-state index in [9.17, 15) is 9.59 Å². The van der Waals surface area contributed by atoms with Gasteiger partial charge >= 0.3 is 5.69 Å². The zero-order chi connectivity index (χ0) is 12.9. The average molecular weight is 242 g/mol. The van der Waals surface area contributed by atoms with Gasteiger partial charge in [0.2, 0.25) is 0 Å². The average Bonchev–Trinajstić information content (AvgIpc) is 2.26. The maximum Gasteiger partial charge on any atom is 0.327 e. The standard InChI is InChI=1S/C12H10N4O2/c1-5-3-6(2)8-7(4-5)13-10-9(14-8)11(17)16-12(18)15-10/h3-4H,1-2H3,(H2,13,15,16,17,18). The minimum absolute atomic E-state index is 0.147. The molecule has 2 heterocycles. The van der Waals surface area contributed by atoms with Gasteiger partial charge in [0.25, 0.3) is 5.56 Å². The van der Waals surface area contributed by atoms with E-state index in [1.165, 1.54) is 0 Å². The molecule has 18 heavy (non-hydrogen) atoms. The second kappa shape index (κ2) is 3.49. The summed E-state index contributed by atoms with van der Waals surface area (Å²) in [5.74, 6) is 0. The van der Waals surface area contributed by atoms with E-state index in [2.05, 4.69) is 19.9 Å². The van der Waals surface area contributed by atoms with E-state index in [0.29, 0.717) is 11.0 Å². The minimum Gasteiger partial charge on any atom is -0.290 e. The number of H-pyrrole nitrogens is 2. The predicted molar refractivity (Wildman–Crippen MR) is 67.8 cm³/mol. The van der Waals surface area contributed by atoms with Gasteiger partial charge in [-0.15, -0.1) is 0 Å². The zero-order valence-electron chi connectivity index (χ0n) is 9.87. The molecule has 3 rings (SSSR count). The first-order valence-electron chi connectivity index (χ1n) is 5.46. The molecular weight excluding hydrogens is 232 g/mol. The van der Waals surface area contributed by atoms with Crippen LogP contribution < -0.4 is 11.2 Å². The summed E-state index contributed by atoms with van der Waals surface area (Å²) in [6.07, 6.45) is 0. The van der Waals surface area contributed by atoms with Gasteiger partial charge in [0.15, 0.2) is 11.2 Å². The number of hydrogen-bond acceptors (Lipinski definition) is 4. The molecule has 2 N–H and O–H groups in total. The fourth-order valence-corrected chi connectivity index (χ4v) is 2.05. The summed E-state index contributed by atoms with van der Waals surface area (Å²) in [6, 6.07) is 3.84. The van der Waals surface area contributed by atoms with Crippen LogP contribution in [0.1, 0.15) is 11.1 Å². The van der Waals surface area contributed by atoms with Crippen LogP contribution in [0.25, 0.3) is 22.2 Å². The summed E-state index contributed by atoms with van der Waals surface area (Å²) in [4.78, 5) is 36.0. The molecule has 0 fully saturated rings. The van der Waals surface area contributed by atoms with E-state index in [1.807, 2.05) is 26.0 Å². The summed E-state index contributed by atoms with van der Waals surface area (Å²) in [7, 11) is 0. The third-order valence-electron chi connectivity index (χ3n) is 2.78. The van der Waals surface area contributed by atoms with Gasteiger partial charge in [-0.2, -0.15) is 0 Å². The van der Waals surface area contributed by atoms with E-state index in [-0.39, 0.29) is 11.2 Å². The minimum atomic E-state index is -0.578. The topological polar surface area (TPSA) is 91.5 Å². The highest BCUT2D eigenvalue weighted by Gasteiger charge is 2.08. The number of rotatable bonds is 0. The van der Waals surface area contributed by atoms with Crippen molar-refractivity contribution in [3.63, 3.8) is 0 Å². The number of nitrogens with one attached hydrogen (secondary N) is 2.